The molecule has 2 rings (SSSR count). The quantitative estimate of drug-likeness (QED) is 0.781. The Kier molecular flexibility index (Phi) is 4.31. The van der Waals surface area contributed by atoms with E-state index in [2.05, 4.69) is 0 Å². The molecule has 0 amide bonds. The molecule has 0 aliphatic carbocycles. The zero-order chi connectivity index (χ0) is 15.6. The van der Waals surface area contributed by atoms with E-state index in [0.717, 1.165) is 17.4 Å². The molecule has 112 valence electrons. The predicted octanol–water partition coefficient (Wildman–Crippen LogP) is 1.57. The van der Waals surface area contributed by atoms with Crippen molar-refractivity contribution in [1.82, 2.24) is 0 Å². The van der Waals surface area contributed by atoms with Crippen LogP contribution in [0.4, 0.5) is 0 Å². The molecule has 0 fully saturated rings. The SMILES string of the molecule is CCCc1c(C)c2ccc(O[C@@H](C)C(=O)[O-])cc2oc1=O. The number of aliphatic carboxylic acids is 1. The first-order chi connectivity index (χ1) is 9.93. The Hall–Kier alpha value is -2.30. The van der Waals surface area contributed by atoms with E-state index in [0.29, 0.717) is 23.3 Å². The molecule has 0 aliphatic heterocycles. The van der Waals surface area contributed by atoms with Crippen LogP contribution in [0.1, 0.15) is 31.4 Å². The summed E-state index contributed by atoms with van der Waals surface area (Å²) in [6.07, 6.45) is 0.459. The highest BCUT2D eigenvalue weighted by molar-refractivity contribution is 5.82. The maximum absolute atomic E-state index is 12.0. The summed E-state index contributed by atoms with van der Waals surface area (Å²) < 4.78 is 10.5. The monoisotopic (exact) mass is 289 g/mol. The van der Waals surface area contributed by atoms with Crippen molar-refractivity contribution in [2.24, 2.45) is 0 Å². The van der Waals surface area contributed by atoms with Gasteiger partial charge in [0.1, 0.15) is 17.4 Å². The summed E-state index contributed by atoms with van der Waals surface area (Å²) in [7, 11) is 0. The number of carbonyl (C=O) groups excluding carboxylic acids is 1. The van der Waals surface area contributed by atoms with E-state index in [4.69, 9.17) is 9.15 Å². The van der Waals surface area contributed by atoms with E-state index in [9.17, 15) is 14.7 Å². The molecule has 5 heteroatoms. The molecule has 21 heavy (non-hydrogen) atoms. The molecule has 0 saturated heterocycles. The molecule has 0 bridgehead atoms. The third kappa shape index (κ3) is 3.07. The topological polar surface area (TPSA) is 79.6 Å². The first-order valence-electron chi connectivity index (χ1n) is 6.88. The molecule has 1 heterocycles. The minimum absolute atomic E-state index is 0.324. The average Bonchev–Trinajstić information content (AvgIpc) is 2.43. The summed E-state index contributed by atoms with van der Waals surface area (Å²) in [5, 5.41) is 11.5. The van der Waals surface area contributed by atoms with E-state index in [1.54, 1.807) is 12.1 Å². The molecular formula is C16H17O5-. The number of fused-ring (bicyclic) bond motifs is 1. The molecule has 0 spiro atoms. The zero-order valence-corrected chi connectivity index (χ0v) is 12.3. The van der Waals surface area contributed by atoms with E-state index >= 15 is 0 Å². The van der Waals surface area contributed by atoms with Gasteiger partial charge in [0, 0.05) is 17.0 Å². The summed E-state index contributed by atoms with van der Waals surface area (Å²) >= 11 is 0. The Morgan fingerprint density at radius 3 is 2.76 bits per heavy atom. The van der Waals surface area contributed by atoms with E-state index in [1.165, 1.54) is 13.0 Å². The van der Waals surface area contributed by atoms with Crippen molar-refractivity contribution in [3.05, 3.63) is 39.7 Å². The van der Waals surface area contributed by atoms with Crippen molar-refractivity contribution in [3.8, 4) is 5.75 Å². The van der Waals surface area contributed by atoms with E-state index < -0.39 is 12.1 Å². The van der Waals surface area contributed by atoms with Gasteiger partial charge in [0.15, 0.2) is 0 Å². The summed E-state index contributed by atoms with van der Waals surface area (Å²) in [4.78, 5) is 22.7. The van der Waals surface area contributed by atoms with Gasteiger partial charge in [0.2, 0.25) is 0 Å². The lowest BCUT2D eigenvalue weighted by Gasteiger charge is -2.15. The van der Waals surface area contributed by atoms with Gasteiger partial charge in [-0.3, -0.25) is 0 Å². The van der Waals surface area contributed by atoms with Crippen molar-refractivity contribution in [2.75, 3.05) is 0 Å². The fourth-order valence-electron chi connectivity index (χ4n) is 2.24. The number of carboxylic acid groups (broad SMARTS) is 1. The molecule has 0 N–H and O–H groups in total. The molecule has 1 aromatic carbocycles. The van der Waals surface area contributed by atoms with Crippen molar-refractivity contribution < 1.29 is 19.1 Å². The zero-order valence-electron chi connectivity index (χ0n) is 12.3. The van der Waals surface area contributed by atoms with Crippen LogP contribution in [0.25, 0.3) is 11.0 Å². The highest BCUT2D eigenvalue weighted by atomic mass is 16.5. The second-order valence-electron chi connectivity index (χ2n) is 4.98. The maximum Gasteiger partial charge on any atom is 0.339 e. The smallest absolute Gasteiger partial charge is 0.339 e. The van der Waals surface area contributed by atoms with Crippen LogP contribution in [0.2, 0.25) is 0 Å². The Bertz CT molecular complexity index is 729. The molecule has 0 aliphatic rings. The summed E-state index contributed by atoms with van der Waals surface area (Å²) in [5.41, 5.74) is 1.61. The fraction of sp³-hybridized carbons (Fsp3) is 0.375. The first-order valence-corrected chi connectivity index (χ1v) is 6.88. The first kappa shape index (κ1) is 15.1. The third-order valence-electron chi connectivity index (χ3n) is 3.40. The molecule has 0 radical (unpaired) electrons. The van der Waals surface area contributed by atoms with Gasteiger partial charge in [-0.15, -0.1) is 0 Å². The number of carboxylic acids is 1. The molecule has 2 aromatic rings. The van der Waals surface area contributed by atoms with Gasteiger partial charge >= 0.3 is 5.63 Å². The summed E-state index contributed by atoms with van der Waals surface area (Å²) in [5.74, 6) is -0.976. The number of carbonyl (C=O) groups is 1. The third-order valence-corrected chi connectivity index (χ3v) is 3.40. The van der Waals surface area contributed by atoms with Crippen molar-refractivity contribution in [3.63, 3.8) is 0 Å². The van der Waals surface area contributed by atoms with Gasteiger partial charge < -0.3 is 19.1 Å². The predicted molar refractivity (Wildman–Crippen MR) is 76.3 cm³/mol. The van der Waals surface area contributed by atoms with Crippen LogP contribution in [-0.4, -0.2) is 12.1 Å². The van der Waals surface area contributed by atoms with Gasteiger partial charge in [-0.25, -0.2) is 4.79 Å². The number of aryl methyl sites for hydroxylation is 1. The lowest BCUT2D eigenvalue weighted by Crippen LogP contribution is -2.37. The second kappa shape index (κ2) is 5.99. The molecule has 5 nitrogen and oxygen atoms in total. The van der Waals surface area contributed by atoms with E-state index in [-0.39, 0.29) is 5.63 Å². The van der Waals surface area contributed by atoms with Gasteiger partial charge in [0.25, 0.3) is 0 Å². The Morgan fingerprint density at radius 1 is 1.43 bits per heavy atom. The van der Waals surface area contributed by atoms with Gasteiger partial charge in [-0.1, -0.05) is 13.3 Å². The van der Waals surface area contributed by atoms with Gasteiger partial charge in [-0.05, 0) is 38.0 Å². The van der Waals surface area contributed by atoms with Crippen LogP contribution in [0, 0.1) is 6.92 Å². The van der Waals surface area contributed by atoms with E-state index in [1.807, 2.05) is 13.8 Å². The van der Waals surface area contributed by atoms with Crippen LogP contribution < -0.4 is 15.5 Å². The number of hydrogen-bond donors (Lipinski definition) is 0. The van der Waals surface area contributed by atoms with Crippen LogP contribution in [0.15, 0.2) is 27.4 Å². The number of benzene rings is 1. The molecule has 1 atom stereocenters. The van der Waals surface area contributed by atoms with Crippen LogP contribution in [0.3, 0.4) is 0 Å². The average molecular weight is 289 g/mol. The van der Waals surface area contributed by atoms with Crippen LogP contribution in [0.5, 0.6) is 5.75 Å². The highest BCUT2D eigenvalue weighted by Gasteiger charge is 2.12. The lowest BCUT2D eigenvalue weighted by atomic mass is 10.0. The molecule has 0 unspecified atom stereocenters. The maximum atomic E-state index is 12.0. The summed E-state index contributed by atoms with van der Waals surface area (Å²) in [6.45, 7) is 5.27. The van der Waals surface area contributed by atoms with Gasteiger partial charge in [-0.2, -0.15) is 0 Å². The molecule has 0 saturated carbocycles. The van der Waals surface area contributed by atoms with Crippen LogP contribution in [-0.2, 0) is 11.2 Å². The van der Waals surface area contributed by atoms with Crippen molar-refractivity contribution >= 4 is 16.9 Å². The van der Waals surface area contributed by atoms with Gasteiger partial charge in [0.05, 0.1) is 5.97 Å². The molecular weight excluding hydrogens is 272 g/mol. The Morgan fingerprint density at radius 2 is 2.14 bits per heavy atom. The minimum Gasteiger partial charge on any atom is -0.546 e. The number of hydrogen-bond acceptors (Lipinski definition) is 5. The summed E-state index contributed by atoms with van der Waals surface area (Å²) in [6, 6.07) is 4.95. The number of ether oxygens (including phenoxy) is 1. The molecule has 1 aromatic heterocycles. The largest absolute Gasteiger partial charge is 0.546 e. The minimum atomic E-state index is -1.30. The Balaban J connectivity index is 2.47. The second-order valence-corrected chi connectivity index (χ2v) is 4.98. The highest BCUT2D eigenvalue weighted by Crippen LogP contribution is 2.25. The Labute approximate surface area is 122 Å². The normalized spacial score (nSPS) is 12.3. The van der Waals surface area contributed by atoms with Crippen LogP contribution >= 0.6 is 0 Å². The fourth-order valence-corrected chi connectivity index (χ4v) is 2.24. The van der Waals surface area contributed by atoms with Crippen molar-refractivity contribution in [2.45, 2.75) is 39.7 Å². The van der Waals surface area contributed by atoms with Crippen molar-refractivity contribution in [1.29, 1.82) is 0 Å². The standard InChI is InChI=1S/C16H18O5/c1-4-5-13-9(2)12-7-6-11(20-10(3)15(17)18)8-14(12)21-16(13)19/h6-8,10H,4-5H2,1-3H3,(H,17,18)/p-1/t10-/m0/s1. The number of rotatable bonds is 5. The lowest BCUT2D eigenvalue weighted by molar-refractivity contribution is -0.312.